The molecule has 0 spiro atoms. The number of halogens is 3. The highest BCUT2D eigenvalue weighted by Crippen LogP contribution is 2.32. The van der Waals surface area contributed by atoms with Crippen molar-refractivity contribution in [1.82, 2.24) is 15.5 Å². The molecular weight excluding hydrogens is 332 g/mol. The lowest BCUT2D eigenvalue weighted by Gasteiger charge is -2.08. The van der Waals surface area contributed by atoms with Gasteiger partial charge in [-0.15, -0.1) is 0 Å². The highest BCUT2D eigenvalue weighted by Gasteiger charge is 2.30. The van der Waals surface area contributed by atoms with Crippen molar-refractivity contribution in [1.29, 1.82) is 0 Å². The zero-order valence-electron chi connectivity index (χ0n) is 10.7. The number of hydrogen-bond acceptors (Lipinski definition) is 4. The standard InChI is InChI=1S/C13H12BrF2N3O/c1-6-7(4-5-17-6)13-18-12(19-20-13)8-2-3-9(15)11(16)10(8)14/h2-3,6-7,17H,4-5H2,1H3. The monoisotopic (exact) mass is 343 g/mol. The van der Waals surface area contributed by atoms with E-state index in [-0.39, 0.29) is 22.3 Å². The Balaban J connectivity index is 1.96. The number of rotatable bonds is 2. The fraction of sp³-hybridized carbons (Fsp3) is 0.385. The van der Waals surface area contributed by atoms with Gasteiger partial charge in [0.2, 0.25) is 11.7 Å². The van der Waals surface area contributed by atoms with Crippen LogP contribution in [0.15, 0.2) is 21.1 Å². The molecule has 1 aromatic carbocycles. The SMILES string of the molecule is CC1NCCC1c1nc(-c2ccc(F)c(F)c2Br)no1. The molecule has 2 unspecified atom stereocenters. The van der Waals surface area contributed by atoms with Crippen LogP contribution >= 0.6 is 15.9 Å². The van der Waals surface area contributed by atoms with Crippen LogP contribution in [0.5, 0.6) is 0 Å². The lowest BCUT2D eigenvalue weighted by Crippen LogP contribution is -2.21. The van der Waals surface area contributed by atoms with Gasteiger partial charge in [0.05, 0.1) is 10.4 Å². The number of aromatic nitrogens is 2. The van der Waals surface area contributed by atoms with Crippen LogP contribution < -0.4 is 5.32 Å². The number of benzene rings is 1. The molecule has 0 amide bonds. The van der Waals surface area contributed by atoms with Gasteiger partial charge in [0.15, 0.2) is 11.6 Å². The van der Waals surface area contributed by atoms with Crippen LogP contribution in [0.1, 0.15) is 25.2 Å². The first-order valence-electron chi connectivity index (χ1n) is 6.28. The van der Waals surface area contributed by atoms with Crippen LogP contribution in [0.2, 0.25) is 0 Å². The van der Waals surface area contributed by atoms with Gasteiger partial charge in [-0.2, -0.15) is 4.98 Å². The predicted octanol–water partition coefficient (Wildman–Crippen LogP) is 3.24. The maximum Gasteiger partial charge on any atom is 0.231 e. The van der Waals surface area contributed by atoms with E-state index in [1.807, 2.05) is 0 Å². The molecule has 106 valence electrons. The van der Waals surface area contributed by atoms with E-state index in [2.05, 4.69) is 38.3 Å². The quantitative estimate of drug-likeness (QED) is 0.850. The summed E-state index contributed by atoms with van der Waals surface area (Å²) in [7, 11) is 0. The summed E-state index contributed by atoms with van der Waals surface area (Å²) in [5.74, 6) is -0.943. The van der Waals surface area contributed by atoms with Gasteiger partial charge in [0.1, 0.15) is 0 Å². The van der Waals surface area contributed by atoms with E-state index in [0.717, 1.165) is 19.0 Å². The molecule has 1 aliphatic rings. The van der Waals surface area contributed by atoms with Crippen molar-refractivity contribution in [3.8, 4) is 11.4 Å². The van der Waals surface area contributed by atoms with Crippen molar-refractivity contribution in [3.05, 3.63) is 34.1 Å². The van der Waals surface area contributed by atoms with Crippen LogP contribution in [0.25, 0.3) is 11.4 Å². The molecule has 4 nitrogen and oxygen atoms in total. The largest absolute Gasteiger partial charge is 0.339 e. The molecule has 0 aliphatic carbocycles. The Labute approximate surface area is 122 Å². The predicted molar refractivity (Wildman–Crippen MR) is 72.2 cm³/mol. The third-order valence-corrected chi connectivity index (χ3v) is 4.34. The van der Waals surface area contributed by atoms with Crippen molar-refractivity contribution in [2.75, 3.05) is 6.54 Å². The molecule has 2 heterocycles. The fourth-order valence-corrected chi connectivity index (χ4v) is 2.89. The van der Waals surface area contributed by atoms with Crippen molar-refractivity contribution in [2.45, 2.75) is 25.3 Å². The van der Waals surface area contributed by atoms with E-state index >= 15 is 0 Å². The van der Waals surface area contributed by atoms with E-state index in [0.29, 0.717) is 11.5 Å². The fourth-order valence-electron chi connectivity index (χ4n) is 2.39. The van der Waals surface area contributed by atoms with Gasteiger partial charge in [-0.1, -0.05) is 5.16 Å². The van der Waals surface area contributed by atoms with Gasteiger partial charge in [-0.05, 0) is 48.0 Å². The summed E-state index contributed by atoms with van der Waals surface area (Å²) in [4.78, 5) is 4.31. The zero-order chi connectivity index (χ0) is 14.3. The summed E-state index contributed by atoms with van der Waals surface area (Å²) in [6, 6.07) is 2.73. The Morgan fingerprint density at radius 1 is 1.40 bits per heavy atom. The van der Waals surface area contributed by atoms with Crippen molar-refractivity contribution in [3.63, 3.8) is 0 Å². The van der Waals surface area contributed by atoms with Gasteiger partial charge in [-0.3, -0.25) is 0 Å². The van der Waals surface area contributed by atoms with Gasteiger partial charge in [-0.25, -0.2) is 8.78 Å². The van der Waals surface area contributed by atoms with E-state index in [9.17, 15) is 8.78 Å². The van der Waals surface area contributed by atoms with Crippen LogP contribution in [0.4, 0.5) is 8.78 Å². The zero-order valence-corrected chi connectivity index (χ0v) is 12.2. The van der Waals surface area contributed by atoms with Crippen molar-refractivity contribution < 1.29 is 13.3 Å². The molecule has 1 aliphatic heterocycles. The average molecular weight is 344 g/mol. The van der Waals surface area contributed by atoms with E-state index in [1.165, 1.54) is 6.07 Å². The highest BCUT2D eigenvalue weighted by molar-refractivity contribution is 9.10. The first kappa shape index (κ1) is 13.6. The van der Waals surface area contributed by atoms with Crippen LogP contribution in [-0.2, 0) is 0 Å². The van der Waals surface area contributed by atoms with Gasteiger partial charge >= 0.3 is 0 Å². The molecule has 1 aromatic heterocycles. The topological polar surface area (TPSA) is 51.0 Å². The molecule has 0 radical (unpaired) electrons. The summed E-state index contributed by atoms with van der Waals surface area (Å²) in [6.45, 7) is 2.95. The summed E-state index contributed by atoms with van der Waals surface area (Å²) in [6.07, 6.45) is 0.918. The molecule has 2 aromatic rings. The molecule has 20 heavy (non-hydrogen) atoms. The first-order chi connectivity index (χ1) is 9.58. The minimum atomic E-state index is -0.954. The van der Waals surface area contributed by atoms with E-state index in [4.69, 9.17) is 4.52 Å². The van der Waals surface area contributed by atoms with Crippen LogP contribution in [-0.4, -0.2) is 22.7 Å². The Morgan fingerprint density at radius 2 is 2.20 bits per heavy atom. The normalized spacial score (nSPS) is 22.4. The van der Waals surface area contributed by atoms with Crippen molar-refractivity contribution >= 4 is 15.9 Å². The van der Waals surface area contributed by atoms with Gasteiger partial charge in [0, 0.05) is 11.6 Å². The molecule has 2 atom stereocenters. The Hall–Kier alpha value is -1.34. The minimum absolute atomic E-state index is 0.00226. The molecule has 0 bridgehead atoms. The molecule has 3 rings (SSSR count). The number of nitrogens with zero attached hydrogens (tertiary/aromatic N) is 2. The summed E-state index contributed by atoms with van der Waals surface area (Å²) in [5, 5.41) is 7.16. The number of hydrogen-bond donors (Lipinski definition) is 1. The maximum absolute atomic E-state index is 13.5. The van der Waals surface area contributed by atoms with Gasteiger partial charge in [0.25, 0.3) is 0 Å². The van der Waals surface area contributed by atoms with Crippen LogP contribution in [0, 0.1) is 11.6 Å². The molecule has 0 saturated carbocycles. The third-order valence-electron chi connectivity index (χ3n) is 3.56. The lowest BCUT2D eigenvalue weighted by atomic mass is 10.0. The summed E-state index contributed by atoms with van der Waals surface area (Å²) >= 11 is 3.02. The highest BCUT2D eigenvalue weighted by atomic mass is 79.9. The molecule has 1 fully saturated rings. The van der Waals surface area contributed by atoms with Crippen molar-refractivity contribution in [2.24, 2.45) is 0 Å². The number of nitrogens with one attached hydrogen (secondary N) is 1. The Morgan fingerprint density at radius 3 is 2.90 bits per heavy atom. The second-order valence-electron chi connectivity index (χ2n) is 4.82. The molecule has 1 N–H and O–H groups in total. The lowest BCUT2D eigenvalue weighted by molar-refractivity contribution is 0.345. The minimum Gasteiger partial charge on any atom is -0.339 e. The Kier molecular flexibility index (Phi) is 3.55. The first-order valence-corrected chi connectivity index (χ1v) is 7.08. The second kappa shape index (κ2) is 5.21. The average Bonchev–Trinajstić information content (AvgIpc) is 3.05. The second-order valence-corrected chi connectivity index (χ2v) is 5.61. The third kappa shape index (κ3) is 2.25. The smallest absolute Gasteiger partial charge is 0.231 e. The van der Waals surface area contributed by atoms with Crippen LogP contribution in [0.3, 0.4) is 0 Å². The van der Waals surface area contributed by atoms with E-state index < -0.39 is 11.6 Å². The summed E-state index contributed by atoms with van der Waals surface area (Å²) in [5.41, 5.74) is 0.373. The Bertz CT molecular complexity index is 647. The van der Waals surface area contributed by atoms with Gasteiger partial charge < -0.3 is 9.84 Å². The maximum atomic E-state index is 13.5. The van der Waals surface area contributed by atoms with E-state index in [1.54, 1.807) is 0 Å². The summed E-state index contributed by atoms with van der Waals surface area (Å²) < 4.78 is 31.9. The molecular formula is C13H12BrF2N3O. The molecule has 7 heteroatoms. The molecule has 1 saturated heterocycles.